The zero-order valence-corrected chi connectivity index (χ0v) is 22.9. The van der Waals surface area contributed by atoms with Crippen molar-refractivity contribution in [2.75, 3.05) is 47.1 Å². The fourth-order valence-electron chi connectivity index (χ4n) is 6.19. The highest BCUT2D eigenvalue weighted by Gasteiger charge is 2.31. The molecule has 1 unspecified atom stereocenters. The van der Waals surface area contributed by atoms with Crippen LogP contribution >= 0.6 is 0 Å². The molecule has 1 aromatic heterocycles. The number of aromatic nitrogens is 1. The van der Waals surface area contributed by atoms with E-state index in [1.165, 1.54) is 22.1 Å². The number of esters is 1. The quantitative estimate of drug-likeness (QED) is 0.343. The van der Waals surface area contributed by atoms with Gasteiger partial charge in [-0.3, -0.25) is 9.69 Å². The molecule has 0 spiro atoms. The van der Waals surface area contributed by atoms with Crippen LogP contribution in [0.15, 0.2) is 42.6 Å². The summed E-state index contributed by atoms with van der Waals surface area (Å²) in [5.74, 6) is 2.05. The van der Waals surface area contributed by atoms with Gasteiger partial charge in [0.15, 0.2) is 11.5 Å². The van der Waals surface area contributed by atoms with Crippen LogP contribution in [0, 0.1) is 5.92 Å². The lowest BCUT2D eigenvalue weighted by Gasteiger charge is -2.40. The Balaban J connectivity index is 1.44. The van der Waals surface area contributed by atoms with Crippen molar-refractivity contribution in [1.82, 2.24) is 9.47 Å². The van der Waals surface area contributed by atoms with Crippen molar-refractivity contribution >= 4 is 16.9 Å². The van der Waals surface area contributed by atoms with Gasteiger partial charge in [-0.2, -0.15) is 0 Å². The fraction of sp³-hybridized carbons (Fsp3) is 0.516. The van der Waals surface area contributed by atoms with Crippen LogP contribution in [-0.2, 0) is 33.7 Å². The second-order valence-electron chi connectivity index (χ2n) is 10.4. The number of carbonyl (C=O) groups is 1. The molecular formula is C31H40N2O5. The molecule has 2 aromatic carbocycles. The lowest BCUT2D eigenvalue weighted by Crippen LogP contribution is -2.40. The van der Waals surface area contributed by atoms with E-state index in [0.717, 1.165) is 75.4 Å². The van der Waals surface area contributed by atoms with Crippen LogP contribution < -0.4 is 9.47 Å². The van der Waals surface area contributed by atoms with Crippen molar-refractivity contribution in [3.63, 3.8) is 0 Å². The maximum Gasteiger partial charge on any atom is 0.325 e. The topological polar surface area (TPSA) is 62.2 Å². The standard InChI is InChI=1S/C31H40N2O5/c1-4-38-31(34)21-33-20-24(25-7-5-6-8-27(25)33)9-10-28-26-18-30(36-3)29(35-2)17-23(26)11-14-32(28)19-22-12-15-37-16-13-22/h5-8,17-18,20,22,28H,4,9-16,19,21H2,1-3H3. The van der Waals surface area contributed by atoms with E-state index in [1.54, 1.807) is 14.2 Å². The third-order valence-corrected chi connectivity index (χ3v) is 8.11. The van der Waals surface area contributed by atoms with Crippen molar-refractivity contribution < 1.29 is 23.7 Å². The Morgan fingerprint density at radius 1 is 1.08 bits per heavy atom. The number of benzene rings is 2. The zero-order chi connectivity index (χ0) is 26.5. The Kier molecular flexibility index (Phi) is 8.55. The average molecular weight is 521 g/mol. The summed E-state index contributed by atoms with van der Waals surface area (Å²) in [6.07, 6.45) is 7.31. The molecule has 0 radical (unpaired) electrons. The molecule has 0 bridgehead atoms. The summed E-state index contributed by atoms with van der Waals surface area (Å²) in [4.78, 5) is 15.0. The van der Waals surface area contributed by atoms with Gasteiger partial charge < -0.3 is 23.5 Å². The van der Waals surface area contributed by atoms with Crippen LogP contribution in [0.1, 0.15) is 48.9 Å². The molecule has 2 aliphatic rings. The Morgan fingerprint density at radius 2 is 1.84 bits per heavy atom. The van der Waals surface area contributed by atoms with Gasteiger partial charge in [-0.15, -0.1) is 0 Å². The van der Waals surface area contributed by atoms with Crippen LogP contribution in [0.5, 0.6) is 11.5 Å². The minimum atomic E-state index is -0.204. The number of rotatable bonds is 10. The van der Waals surface area contributed by atoms with Gasteiger partial charge in [0.25, 0.3) is 0 Å². The molecule has 1 atom stereocenters. The number of methoxy groups -OCH3 is 2. The SMILES string of the molecule is CCOC(=O)Cn1cc(CCC2c3cc(OC)c(OC)cc3CCN2CC2CCOCC2)c2ccccc21. The van der Waals surface area contributed by atoms with Crippen molar-refractivity contribution in [2.45, 2.75) is 51.6 Å². The van der Waals surface area contributed by atoms with Crippen LogP contribution in [0.4, 0.5) is 0 Å². The van der Waals surface area contributed by atoms with E-state index in [4.69, 9.17) is 18.9 Å². The molecular weight excluding hydrogens is 480 g/mol. The van der Waals surface area contributed by atoms with Gasteiger partial charge in [-0.1, -0.05) is 18.2 Å². The Labute approximate surface area is 225 Å². The van der Waals surface area contributed by atoms with Crippen LogP contribution in [-0.4, -0.2) is 62.6 Å². The molecule has 204 valence electrons. The second kappa shape index (κ2) is 12.2. The normalized spacial score (nSPS) is 18.3. The summed E-state index contributed by atoms with van der Waals surface area (Å²) >= 11 is 0. The van der Waals surface area contributed by atoms with Crippen molar-refractivity contribution in [1.29, 1.82) is 0 Å². The highest BCUT2D eigenvalue weighted by Crippen LogP contribution is 2.41. The minimum absolute atomic E-state index is 0.204. The first-order valence-corrected chi connectivity index (χ1v) is 13.9. The maximum atomic E-state index is 12.3. The van der Waals surface area contributed by atoms with Gasteiger partial charge in [0.1, 0.15) is 6.54 Å². The molecule has 0 N–H and O–H groups in total. The monoisotopic (exact) mass is 520 g/mol. The third-order valence-electron chi connectivity index (χ3n) is 8.11. The van der Waals surface area contributed by atoms with Crippen LogP contribution in [0.25, 0.3) is 10.9 Å². The van der Waals surface area contributed by atoms with Crippen LogP contribution in [0.3, 0.4) is 0 Å². The van der Waals surface area contributed by atoms with E-state index < -0.39 is 0 Å². The van der Waals surface area contributed by atoms with E-state index in [-0.39, 0.29) is 18.6 Å². The largest absolute Gasteiger partial charge is 0.493 e. The number of fused-ring (bicyclic) bond motifs is 2. The molecule has 7 nitrogen and oxygen atoms in total. The number of hydrogen-bond acceptors (Lipinski definition) is 6. The van der Waals surface area contributed by atoms with Crippen LogP contribution in [0.2, 0.25) is 0 Å². The Hall–Kier alpha value is -3.03. The molecule has 0 aliphatic carbocycles. The maximum absolute atomic E-state index is 12.3. The van der Waals surface area contributed by atoms with E-state index in [0.29, 0.717) is 12.5 Å². The smallest absolute Gasteiger partial charge is 0.325 e. The first-order valence-electron chi connectivity index (χ1n) is 13.9. The molecule has 2 aliphatic heterocycles. The molecule has 1 saturated heterocycles. The van der Waals surface area contributed by atoms with Gasteiger partial charge in [-0.25, -0.2) is 0 Å². The summed E-state index contributed by atoms with van der Waals surface area (Å²) in [5.41, 5.74) is 5.03. The predicted molar refractivity (Wildman–Crippen MR) is 148 cm³/mol. The number of para-hydroxylation sites is 1. The second-order valence-corrected chi connectivity index (χ2v) is 10.4. The number of hydrogen-bond donors (Lipinski definition) is 0. The summed E-state index contributed by atoms with van der Waals surface area (Å²) in [6, 6.07) is 13.0. The average Bonchev–Trinajstić information content (AvgIpc) is 3.29. The molecule has 5 rings (SSSR count). The number of carbonyl (C=O) groups excluding carboxylic acids is 1. The summed E-state index contributed by atoms with van der Waals surface area (Å²) < 4.78 is 24.2. The van der Waals surface area contributed by atoms with Gasteiger partial charge >= 0.3 is 5.97 Å². The highest BCUT2D eigenvalue weighted by molar-refractivity contribution is 5.85. The van der Waals surface area contributed by atoms with Gasteiger partial charge in [0, 0.05) is 49.4 Å². The lowest BCUT2D eigenvalue weighted by atomic mass is 9.87. The Bertz CT molecular complexity index is 1250. The van der Waals surface area contributed by atoms with E-state index in [9.17, 15) is 4.79 Å². The molecule has 3 heterocycles. The molecule has 3 aromatic rings. The highest BCUT2D eigenvalue weighted by atomic mass is 16.5. The number of aryl methyl sites for hydroxylation is 1. The van der Waals surface area contributed by atoms with E-state index in [2.05, 4.69) is 41.4 Å². The summed E-state index contributed by atoms with van der Waals surface area (Å²) in [5, 5.41) is 1.20. The predicted octanol–water partition coefficient (Wildman–Crippen LogP) is 5.18. The number of ether oxygens (including phenoxy) is 4. The minimum Gasteiger partial charge on any atom is -0.493 e. The van der Waals surface area contributed by atoms with Gasteiger partial charge in [0.2, 0.25) is 0 Å². The van der Waals surface area contributed by atoms with Crippen molar-refractivity contribution in [3.05, 3.63) is 59.3 Å². The molecule has 7 heteroatoms. The van der Waals surface area contributed by atoms with Gasteiger partial charge in [-0.05, 0) is 79.8 Å². The summed E-state index contributed by atoms with van der Waals surface area (Å²) in [6.45, 7) is 6.32. The van der Waals surface area contributed by atoms with Crippen molar-refractivity contribution in [3.8, 4) is 11.5 Å². The fourth-order valence-corrected chi connectivity index (χ4v) is 6.19. The first kappa shape index (κ1) is 26.6. The van der Waals surface area contributed by atoms with E-state index in [1.807, 2.05) is 17.6 Å². The summed E-state index contributed by atoms with van der Waals surface area (Å²) in [7, 11) is 3.41. The number of nitrogens with zero attached hydrogens (tertiary/aromatic N) is 2. The zero-order valence-electron chi connectivity index (χ0n) is 22.9. The Morgan fingerprint density at radius 3 is 2.61 bits per heavy atom. The molecule has 0 amide bonds. The molecule has 1 fully saturated rings. The molecule has 0 saturated carbocycles. The first-order chi connectivity index (χ1) is 18.6. The third kappa shape index (κ3) is 5.69. The van der Waals surface area contributed by atoms with Gasteiger partial charge in [0.05, 0.1) is 20.8 Å². The van der Waals surface area contributed by atoms with E-state index >= 15 is 0 Å². The van der Waals surface area contributed by atoms with Crippen molar-refractivity contribution in [2.24, 2.45) is 5.92 Å². The lowest BCUT2D eigenvalue weighted by molar-refractivity contribution is -0.143. The molecule has 38 heavy (non-hydrogen) atoms.